The third-order valence-corrected chi connectivity index (χ3v) is 4.70. The van der Waals surface area contributed by atoms with Crippen molar-refractivity contribution in [3.63, 3.8) is 0 Å². The van der Waals surface area contributed by atoms with E-state index in [1.807, 2.05) is 11.4 Å². The molecule has 2 aromatic rings. The van der Waals surface area contributed by atoms with Crippen LogP contribution in [0, 0.1) is 0 Å². The molecule has 1 aliphatic heterocycles. The number of nitrogens with zero attached hydrogens (tertiary/aromatic N) is 3. The summed E-state index contributed by atoms with van der Waals surface area (Å²) in [7, 11) is 0. The first-order valence-corrected chi connectivity index (χ1v) is 7.63. The molecule has 5 heteroatoms. The van der Waals surface area contributed by atoms with Crippen molar-refractivity contribution in [2.24, 2.45) is 0 Å². The van der Waals surface area contributed by atoms with Gasteiger partial charge in [0.05, 0.1) is 6.54 Å². The number of thiophene rings is 1. The van der Waals surface area contributed by atoms with E-state index in [1.165, 1.54) is 19.3 Å². The second-order valence-corrected chi connectivity index (χ2v) is 6.14. The molecule has 0 N–H and O–H groups in total. The Labute approximate surface area is 116 Å². The summed E-state index contributed by atoms with van der Waals surface area (Å²) in [6.45, 7) is 4.24. The van der Waals surface area contributed by atoms with Gasteiger partial charge in [-0.05, 0) is 37.8 Å². The Hall–Kier alpha value is -0.710. The minimum absolute atomic E-state index is 0.584. The van der Waals surface area contributed by atoms with Gasteiger partial charge < -0.3 is 0 Å². The lowest BCUT2D eigenvalue weighted by atomic mass is 10.0. The summed E-state index contributed by atoms with van der Waals surface area (Å²) in [4.78, 5) is 12.5. The first kappa shape index (κ1) is 12.3. The van der Waals surface area contributed by atoms with Gasteiger partial charge in [-0.2, -0.15) is 0 Å². The zero-order valence-corrected chi connectivity index (χ0v) is 12.0. The summed E-state index contributed by atoms with van der Waals surface area (Å²) in [5.41, 5.74) is 0. The van der Waals surface area contributed by atoms with Crippen molar-refractivity contribution in [1.82, 2.24) is 14.9 Å². The predicted octanol–water partition coefficient (Wildman–Crippen LogP) is 3.72. The fraction of sp³-hybridized carbons (Fsp3) is 0.538. The zero-order chi connectivity index (χ0) is 12.5. The standard InChI is InChI=1S/C13H16ClN3S/c1-9-4-2-3-6-17(9)8-11-15-12(14)10-5-7-18-13(10)16-11/h5,7,9H,2-4,6,8H2,1H3. The normalized spacial score (nSPS) is 21.6. The van der Waals surface area contributed by atoms with E-state index < -0.39 is 0 Å². The Morgan fingerprint density at radius 3 is 3.17 bits per heavy atom. The summed E-state index contributed by atoms with van der Waals surface area (Å²) in [6, 6.07) is 2.61. The van der Waals surface area contributed by atoms with Gasteiger partial charge in [0.15, 0.2) is 0 Å². The fourth-order valence-electron chi connectivity index (χ4n) is 2.51. The van der Waals surface area contributed by atoms with Crippen LogP contribution in [0.1, 0.15) is 32.0 Å². The van der Waals surface area contributed by atoms with Crippen LogP contribution in [0.3, 0.4) is 0 Å². The molecule has 0 bridgehead atoms. The molecule has 0 spiro atoms. The quantitative estimate of drug-likeness (QED) is 0.786. The molecule has 0 amide bonds. The largest absolute Gasteiger partial charge is 0.293 e. The van der Waals surface area contributed by atoms with Gasteiger partial charge in [0.25, 0.3) is 0 Å². The predicted molar refractivity (Wildman–Crippen MR) is 76.1 cm³/mol. The fourth-order valence-corrected chi connectivity index (χ4v) is 3.59. The van der Waals surface area contributed by atoms with E-state index in [-0.39, 0.29) is 0 Å². The minimum atomic E-state index is 0.584. The monoisotopic (exact) mass is 281 g/mol. The summed E-state index contributed by atoms with van der Waals surface area (Å²) >= 11 is 7.82. The number of fused-ring (bicyclic) bond motifs is 1. The number of aromatic nitrogens is 2. The highest BCUT2D eigenvalue weighted by Crippen LogP contribution is 2.26. The molecule has 2 aromatic heterocycles. The molecule has 1 aliphatic rings. The number of piperidine rings is 1. The van der Waals surface area contributed by atoms with Gasteiger partial charge in [-0.1, -0.05) is 18.0 Å². The van der Waals surface area contributed by atoms with E-state index in [2.05, 4.69) is 21.8 Å². The highest BCUT2D eigenvalue weighted by Gasteiger charge is 2.19. The van der Waals surface area contributed by atoms with Gasteiger partial charge in [-0.25, -0.2) is 9.97 Å². The maximum absolute atomic E-state index is 6.19. The Bertz CT molecular complexity index is 554. The summed E-state index contributed by atoms with van der Waals surface area (Å²) in [5, 5.41) is 3.57. The van der Waals surface area contributed by atoms with Crippen LogP contribution < -0.4 is 0 Å². The van der Waals surface area contributed by atoms with Gasteiger partial charge in [-0.15, -0.1) is 11.3 Å². The lowest BCUT2D eigenvalue weighted by Gasteiger charge is -2.32. The molecule has 0 aromatic carbocycles. The van der Waals surface area contributed by atoms with E-state index in [9.17, 15) is 0 Å². The van der Waals surface area contributed by atoms with Gasteiger partial charge in [0.2, 0.25) is 0 Å². The van der Waals surface area contributed by atoms with Crippen LogP contribution in [0.2, 0.25) is 5.15 Å². The third kappa shape index (κ3) is 2.37. The molecule has 1 saturated heterocycles. The molecule has 3 heterocycles. The van der Waals surface area contributed by atoms with Crippen molar-refractivity contribution in [2.45, 2.75) is 38.8 Å². The molecule has 0 aliphatic carbocycles. The number of rotatable bonds is 2. The molecule has 18 heavy (non-hydrogen) atoms. The molecule has 0 saturated carbocycles. The lowest BCUT2D eigenvalue weighted by Crippen LogP contribution is -2.37. The smallest absolute Gasteiger partial charge is 0.145 e. The highest BCUT2D eigenvalue weighted by atomic mass is 35.5. The lowest BCUT2D eigenvalue weighted by molar-refractivity contribution is 0.149. The molecule has 1 fully saturated rings. The Morgan fingerprint density at radius 1 is 1.44 bits per heavy atom. The number of halogens is 1. The highest BCUT2D eigenvalue weighted by molar-refractivity contribution is 7.16. The van der Waals surface area contributed by atoms with E-state index in [0.29, 0.717) is 11.2 Å². The molecule has 3 rings (SSSR count). The van der Waals surface area contributed by atoms with Crippen molar-refractivity contribution in [1.29, 1.82) is 0 Å². The van der Waals surface area contributed by atoms with Crippen LogP contribution in [0.15, 0.2) is 11.4 Å². The number of likely N-dealkylation sites (tertiary alicyclic amines) is 1. The second-order valence-electron chi connectivity index (χ2n) is 4.89. The number of hydrogen-bond acceptors (Lipinski definition) is 4. The van der Waals surface area contributed by atoms with Gasteiger partial charge in [0.1, 0.15) is 15.8 Å². The molecule has 96 valence electrons. The Kier molecular flexibility index (Phi) is 3.50. The maximum atomic E-state index is 6.19. The molecule has 3 nitrogen and oxygen atoms in total. The first-order chi connectivity index (χ1) is 8.74. The van der Waals surface area contributed by atoms with Gasteiger partial charge in [0, 0.05) is 11.4 Å². The van der Waals surface area contributed by atoms with Crippen LogP contribution in [0.5, 0.6) is 0 Å². The zero-order valence-electron chi connectivity index (χ0n) is 10.4. The topological polar surface area (TPSA) is 29.0 Å². The maximum Gasteiger partial charge on any atom is 0.145 e. The van der Waals surface area contributed by atoms with Crippen molar-refractivity contribution in [3.05, 3.63) is 22.4 Å². The van der Waals surface area contributed by atoms with Crippen LogP contribution in [-0.4, -0.2) is 27.5 Å². The Morgan fingerprint density at radius 2 is 2.33 bits per heavy atom. The van der Waals surface area contributed by atoms with Gasteiger partial charge in [-0.3, -0.25) is 4.90 Å². The van der Waals surface area contributed by atoms with E-state index >= 15 is 0 Å². The molecule has 0 radical (unpaired) electrons. The van der Waals surface area contributed by atoms with Crippen LogP contribution in [0.25, 0.3) is 10.2 Å². The average Bonchev–Trinajstić information content (AvgIpc) is 2.81. The molecule has 1 atom stereocenters. The molecule has 1 unspecified atom stereocenters. The van der Waals surface area contributed by atoms with Crippen molar-refractivity contribution < 1.29 is 0 Å². The van der Waals surface area contributed by atoms with E-state index in [1.54, 1.807) is 11.3 Å². The summed E-state index contributed by atoms with van der Waals surface area (Å²) in [6.07, 6.45) is 3.89. The number of hydrogen-bond donors (Lipinski definition) is 0. The van der Waals surface area contributed by atoms with E-state index in [0.717, 1.165) is 29.1 Å². The Balaban J connectivity index is 1.85. The first-order valence-electron chi connectivity index (χ1n) is 6.38. The van der Waals surface area contributed by atoms with Crippen molar-refractivity contribution in [2.75, 3.05) is 6.54 Å². The average molecular weight is 282 g/mol. The summed E-state index contributed by atoms with van der Waals surface area (Å²) in [5.74, 6) is 0.851. The summed E-state index contributed by atoms with van der Waals surface area (Å²) < 4.78 is 0. The molecular formula is C13H16ClN3S. The molecular weight excluding hydrogens is 266 g/mol. The van der Waals surface area contributed by atoms with E-state index in [4.69, 9.17) is 11.6 Å². The second kappa shape index (κ2) is 5.11. The SMILES string of the molecule is CC1CCCCN1Cc1nc(Cl)c2ccsc2n1. The minimum Gasteiger partial charge on any atom is -0.293 e. The third-order valence-electron chi connectivity index (χ3n) is 3.61. The van der Waals surface area contributed by atoms with Crippen LogP contribution in [0.4, 0.5) is 0 Å². The van der Waals surface area contributed by atoms with Gasteiger partial charge >= 0.3 is 0 Å². The van der Waals surface area contributed by atoms with Crippen LogP contribution in [-0.2, 0) is 6.54 Å². The van der Waals surface area contributed by atoms with Crippen molar-refractivity contribution in [3.8, 4) is 0 Å². The van der Waals surface area contributed by atoms with Crippen LogP contribution >= 0.6 is 22.9 Å². The van der Waals surface area contributed by atoms with Crippen molar-refractivity contribution >= 4 is 33.2 Å².